The lowest BCUT2D eigenvalue weighted by Crippen LogP contribution is -2.30. The summed E-state index contributed by atoms with van der Waals surface area (Å²) in [6.45, 7) is 2.31. The van der Waals surface area contributed by atoms with Crippen molar-refractivity contribution in [1.29, 1.82) is 0 Å². The molecule has 3 heterocycles. The molecule has 0 bridgehead atoms. The first-order chi connectivity index (χ1) is 12.2. The van der Waals surface area contributed by atoms with E-state index in [-0.39, 0.29) is 11.9 Å². The number of fused-ring (bicyclic) bond motifs is 1. The first-order valence-corrected chi connectivity index (χ1v) is 9.32. The second-order valence-corrected chi connectivity index (χ2v) is 7.13. The summed E-state index contributed by atoms with van der Waals surface area (Å²) >= 11 is 0. The lowest BCUT2D eigenvalue weighted by Gasteiger charge is -2.27. The third kappa shape index (κ3) is 3.33. The monoisotopic (exact) mass is 344 g/mol. The van der Waals surface area contributed by atoms with Gasteiger partial charge >= 0.3 is 0 Å². The van der Waals surface area contributed by atoms with Crippen molar-refractivity contribution in [2.24, 2.45) is 0 Å². The van der Waals surface area contributed by atoms with Crippen LogP contribution in [-0.4, -0.2) is 37.9 Å². The number of hydrogen-bond acceptors (Lipinski definition) is 4. The molecule has 6 heteroatoms. The van der Waals surface area contributed by atoms with Gasteiger partial charge in [-0.1, -0.05) is 24.6 Å². The molecule has 1 fully saturated rings. The number of aromatic nitrogens is 3. The van der Waals surface area contributed by atoms with Crippen molar-refractivity contribution in [3.05, 3.63) is 47.3 Å². The van der Waals surface area contributed by atoms with Gasteiger partial charge in [0.15, 0.2) is 0 Å². The lowest BCUT2D eigenvalue weighted by atomic mass is 10.1. The molecule has 2 atom stereocenters. The maximum atomic E-state index is 13.9. The highest BCUT2D eigenvalue weighted by Gasteiger charge is 2.33. The lowest BCUT2D eigenvalue weighted by molar-refractivity contribution is 0.100. The number of likely N-dealkylation sites (tertiary alicyclic amines) is 1. The Labute approximate surface area is 147 Å². The minimum absolute atomic E-state index is 0.167. The van der Waals surface area contributed by atoms with E-state index < -0.39 is 6.10 Å². The number of nitrogens with zero attached hydrogens (tertiary/aromatic N) is 4. The van der Waals surface area contributed by atoms with Gasteiger partial charge in [0.25, 0.3) is 0 Å². The molecule has 1 aromatic carbocycles. The molecule has 2 aromatic rings. The van der Waals surface area contributed by atoms with Gasteiger partial charge in [-0.3, -0.25) is 4.90 Å². The average Bonchev–Trinajstić information content (AvgIpc) is 3.15. The summed E-state index contributed by atoms with van der Waals surface area (Å²) in [6, 6.07) is 6.64. The van der Waals surface area contributed by atoms with E-state index >= 15 is 0 Å². The third-order valence-electron chi connectivity index (χ3n) is 5.47. The quantitative estimate of drug-likeness (QED) is 0.926. The van der Waals surface area contributed by atoms with Gasteiger partial charge in [0.05, 0.1) is 12.1 Å². The van der Waals surface area contributed by atoms with Crippen molar-refractivity contribution in [1.82, 2.24) is 19.7 Å². The van der Waals surface area contributed by atoms with Crippen LogP contribution in [0.25, 0.3) is 0 Å². The normalized spacial score (nSPS) is 22.6. The van der Waals surface area contributed by atoms with Crippen LogP contribution < -0.4 is 0 Å². The van der Waals surface area contributed by atoms with Gasteiger partial charge < -0.3 is 9.67 Å². The van der Waals surface area contributed by atoms with Crippen LogP contribution in [0.2, 0.25) is 0 Å². The van der Waals surface area contributed by atoms with Crippen molar-refractivity contribution in [3.63, 3.8) is 0 Å². The Bertz CT molecular complexity index is 732. The van der Waals surface area contributed by atoms with Gasteiger partial charge in [-0.15, -0.1) is 10.2 Å². The van der Waals surface area contributed by atoms with E-state index in [0.29, 0.717) is 12.1 Å². The topological polar surface area (TPSA) is 54.2 Å². The van der Waals surface area contributed by atoms with Crippen molar-refractivity contribution < 1.29 is 9.50 Å². The van der Waals surface area contributed by atoms with E-state index in [1.807, 2.05) is 0 Å². The van der Waals surface area contributed by atoms with Gasteiger partial charge in [0, 0.05) is 25.1 Å². The zero-order valence-corrected chi connectivity index (χ0v) is 14.4. The minimum atomic E-state index is -0.826. The largest absolute Gasteiger partial charge is 0.387 e. The zero-order valence-electron chi connectivity index (χ0n) is 14.4. The van der Waals surface area contributed by atoms with E-state index in [2.05, 4.69) is 19.7 Å². The van der Waals surface area contributed by atoms with Gasteiger partial charge in [0.1, 0.15) is 17.5 Å². The van der Waals surface area contributed by atoms with Crippen LogP contribution in [0.3, 0.4) is 0 Å². The fourth-order valence-corrected chi connectivity index (χ4v) is 4.16. The highest BCUT2D eigenvalue weighted by atomic mass is 19.1. The Hall–Kier alpha value is -1.79. The van der Waals surface area contributed by atoms with Crippen LogP contribution >= 0.6 is 0 Å². The SMILES string of the molecule is OC(CN1CCCC1c1nnc2n1CCCCC2)c1ccccc1F. The molecule has 0 aliphatic carbocycles. The molecule has 2 aliphatic heterocycles. The highest BCUT2D eigenvalue weighted by molar-refractivity contribution is 5.20. The van der Waals surface area contributed by atoms with E-state index in [1.165, 1.54) is 25.3 Å². The number of rotatable bonds is 4. The Balaban J connectivity index is 1.53. The maximum absolute atomic E-state index is 13.9. The van der Waals surface area contributed by atoms with Gasteiger partial charge in [-0.05, 0) is 38.3 Å². The molecular weight excluding hydrogens is 319 g/mol. The van der Waals surface area contributed by atoms with Crippen molar-refractivity contribution in [2.75, 3.05) is 13.1 Å². The van der Waals surface area contributed by atoms with Gasteiger partial charge in [-0.2, -0.15) is 0 Å². The summed E-state index contributed by atoms with van der Waals surface area (Å²) < 4.78 is 16.2. The summed E-state index contributed by atoms with van der Waals surface area (Å²) in [4.78, 5) is 2.24. The number of aryl methyl sites for hydroxylation is 1. The minimum Gasteiger partial charge on any atom is -0.387 e. The molecule has 0 amide bonds. The summed E-state index contributed by atoms with van der Waals surface area (Å²) in [5, 5.41) is 19.4. The van der Waals surface area contributed by atoms with Crippen LogP contribution in [0.5, 0.6) is 0 Å². The number of hydrogen-bond donors (Lipinski definition) is 1. The molecule has 1 saturated heterocycles. The molecule has 25 heavy (non-hydrogen) atoms. The summed E-state index contributed by atoms with van der Waals surface area (Å²) in [6.07, 6.45) is 5.84. The Morgan fingerprint density at radius 2 is 2.00 bits per heavy atom. The van der Waals surface area contributed by atoms with Crippen LogP contribution in [-0.2, 0) is 13.0 Å². The molecule has 1 aromatic heterocycles. The van der Waals surface area contributed by atoms with E-state index in [0.717, 1.165) is 44.0 Å². The first kappa shape index (κ1) is 16.7. The average molecular weight is 344 g/mol. The van der Waals surface area contributed by atoms with Gasteiger partial charge in [0.2, 0.25) is 0 Å². The maximum Gasteiger partial charge on any atom is 0.150 e. The molecule has 1 N–H and O–H groups in total. The van der Waals surface area contributed by atoms with E-state index in [1.54, 1.807) is 18.2 Å². The second-order valence-electron chi connectivity index (χ2n) is 7.13. The first-order valence-electron chi connectivity index (χ1n) is 9.32. The number of benzene rings is 1. The fourth-order valence-electron chi connectivity index (χ4n) is 4.16. The smallest absolute Gasteiger partial charge is 0.150 e. The highest BCUT2D eigenvalue weighted by Crippen LogP contribution is 2.34. The number of halogens is 1. The zero-order chi connectivity index (χ0) is 17.2. The summed E-state index contributed by atoms with van der Waals surface area (Å²) in [5.74, 6) is 1.77. The molecule has 4 rings (SSSR count). The standard InChI is InChI=1S/C19H25FN4O/c20-15-8-4-3-7-14(15)17(25)13-23-11-6-9-16(23)19-22-21-18-10-2-1-5-12-24(18)19/h3-4,7-8,16-17,25H,1-2,5-6,9-13H2. The molecule has 0 spiro atoms. The summed E-state index contributed by atoms with van der Waals surface area (Å²) in [5.41, 5.74) is 0.369. The predicted molar refractivity (Wildman–Crippen MR) is 92.5 cm³/mol. The second kappa shape index (κ2) is 7.22. The number of β-amino-alcohol motifs (C(OH)–C–C–N with tert-alkyl or cyclic N) is 1. The van der Waals surface area contributed by atoms with Crippen molar-refractivity contribution >= 4 is 0 Å². The molecule has 5 nitrogen and oxygen atoms in total. The fraction of sp³-hybridized carbons (Fsp3) is 0.579. The predicted octanol–water partition coefficient (Wildman–Crippen LogP) is 3.01. The van der Waals surface area contributed by atoms with Gasteiger partial charge in [-0.25, -0.2) is 4.39 Å². The van der Waals surface area contributed by atoms with Crippen LogP contribution in [0.1, 0.15) is 61.5 Å². The molecule has 2 unspecified atom stereocenters. The Morgan fingerprint density at radius 1 is 1.12 bits per heavy atom. The molecule has 0 saturated carbocycles. The Kier molecular flexibility index (Phi) is 4.81. The van der Waals surface area contributed by atoms with Crippen molar-refractivity contribution in [3.8, 4) is 0 Å². The Morgan fingerprint density at radius 3 is 2.88 bits per heavy atom. The van der Waals surface area contributed by atoms with E-state index in [9.17, 15) is 9.50 Å². The van der Waals surface area contributed by atoms with E-state index in [4.69, 9.17) is 0 Å². The van der Waals surface area contributed by atoms with Crippen LogP contribution in [0.4, 0.5) is 4.39 Å². The molecule has 2 aliphatic rings. The molecule has 0 radical (unpaired) electrons. The summed E-state index contributed by atoms with van der Waals surface area (Å²) in [7, 11) is 0. The number of aliphatic hydroxyl groups excluding tert-OH is 1. The van der Waals surface area contributed by atoms with Crippen molar-refractivity contribution in [2.45, 2.75) is 57.2 Å². The third-order valence-corrected chi connectivity index (χ3v) is 5.47. The number of aliphatic hydroxyl groups is 1. The van der Waals surface area contributed by atoms with Crippen LogP contribution in [0.15, 0.2) is 24.3 Å². The molecule has 134 valence electrons. The van der Waals surface area contributed by atoms with Crippen LogP contribution in [0, 0.1) is 5.82 Å². The molecular formula is C19H25FN4O.